The smallest absolute Gasteiger partial charge is 0.294 e. The quantitative estimate of drug-likeness (QED) is 0.241. The van der Waals surface area contributed by atoms with E-state index in [-0.39, 0.29) is 11.6 Å². The molecular formula is C32H18F6O2. The van der Waals surface area contributed by atoms with Crippen LogP contribution in [0.5, 0.6) is 0 Å². The molecule has 1 fully saturated rings. The summed E-state index contributed by atoms with van der Waals surface area (Å²) >= 11 is 0. The molecular weight excluding hydrogens is 530 g/mol. The van der Waals surface area contributed by atoms with E-state index in [9.17, 15) is 35.9 Å². The fourth-order valence-corrected chi connectivity index (χ4v) is 7.74. The van der Waals surface area contributed by atoms with Crippen molar-refractivity contribution < 1.29 is 35.9 Å². The van der Waals surface area contributed by atoms with Gasteiger partial charge in [-0.15, -0.1) is 0 Å². The lowest BCUT2D eigenvalue weighted by molar-refractivity contribution is -0.138. The summed E-state index contributed by atoms with van der Waals surface area (Å²) in [6, 6.07) is 22.6. The van der Waals surface area contributed by atoms with Gasteiger partial charge in [-0.2, -0.15) is 26.3 Å². The van der Waals surface area contributed by atoms with E-state index in [1.807, 2.05) is 0 Å². The molecule has 0 aliphatic heterocycles. The van der Waals surface area contributed by atoms with Crippen molar-refractivity contribution in [1.29, 1.82) is 0 Å². The molecule has 4 atom stereocenters. The summed E-state index contributed by atoms with van der Waals surface area (Å²) < 4.78 is 81.2. The molecule has 4 aromatic carbocycles. The van der Waals surface area contributed by atoms with Crippen LogP contribution in [0.4, 0.5) is 26.3 Å². The van der Waals surface area contributed by atoms with Crippen LogP contribution in [-0.2, 0) is 23.2 Å². The Kier molecular flexibility index (Phi) is 4.78. The van der Waals surface area contributed by atoms with E-state index >= 15 is 0 Å². The number of carbonyl (C=O) groups excluding carboxylic acids is 2. The number of fused-ring (bicyclic) bond motifs is 8. The van der Waals surface area contributed by atoms with Gasteiger partial charge in [0, 0.05) is 33.8 Å². The number of halogens is 6. The summed E-state index contributed by atoms with van der Waals surface area (Å²) in [6.45, 7) is 0. The second-order valence-corrected chi connectivity index (χ2v) is 10.5. The van der Waals surface area contributed by atoms with Gasteiger partial charge in [-0.1, -0.05) is 72.8 Å². The molecule has 4 aromatic rings. The van der Waals surface area contributed by atoms with E-state index in [4.69, 9.17) is 0 Å². The van der Waals surface area contributed by atoms with Gasteiger partial charge >= 0.3 is 12.4 Å². The Morgan fingerprint density at radius 3 is 1.12 bits per heavy atom. The highest BCUT2D eigenvalue weighted by molar-refractivity contribution is 6.17. The number of ketones is 2. The number of rotatable bonds is 2. The molecule has 7 rings (SSSR count). The van der Waals surface area contributed by atoms with Crippen molar-refractivity contribution in [3.05, 3.63) is 142 Å². The van der Waals surface area contributed by atoms with Gasteiger partial charge in [-0.3, -0.25) is 9.59 Å². The summed E-state index contributed by atoms with van der Waals surface area (Å²) in [6.07, 6.45) is -9.19. The topological polar surface area (TPSA) is 34.1 Å². The molecule has 8 heteroatoms. The molecule has 0 aromatic heterocycles. The Labute approximate surface area is 224 Å². The number of benzene rings is 4. The zero-order valence-electron chi connectivity index (χ0n) is 20.5. The van der Waals surface area contributed by atoms with E-state index in [0.29, 0.717) is 33.4 Å². The summed E-state index contributed by atoms with van der Waals surface area (Å²) in [4.78, 5) is 28.0. The Bertz CT molecular complexity index is 1590. The van der Waals surface area contributed by atoms with Gasteiger partial charge in [0.25, 0.3) is 0 Å². The lowest BCUT2D eigenvalue weighted by atomic mass is 9.34. The third kappa shape index (κ3) is 2.76. The predicted octanol–water partition coefficient (Wildman–Crippen LogP) is 7.64. The van der Waals surface area contributed by atoms with Crippen molar-refractivity contribution in [1.82, 2.24) is 0 Å². The van der Waals surface area contributed by atoms with E-state index in [0.717, 1.165) is 24.3 Å². The third-order valence-corrected chi connectivity index (χ3v) is 9.02. The van der Waals surface area contributed by atoms with Crippen LogP contribution in [-0.4, -0.2) is 11.6 Å². The van der Waals surface area contributed by atoms with Crippen LogP contribution < -0.4 is 0 Å². The maximum Gasteiger partial charge on any atom is 0.416 e. The normalized spacial score (nSPS) is 26.6. The van der Waals surface area contributed by atoms with Gasteiger partial charge in [0.1, 0.15) is 0 Å². The lowest BCUT2D eigenvalue weighted by Gasteiger charge is -2.64. The van der Waals surface area contributed by atoms with Crippen molar-refractivity contribution in [2.45, 2.75) is 23.2 Å². The monoisotopic (exact) mass is 548 g/mol. The first-order valence-electron chi connectivity index (χ1n) is 12.6. The molecule has 0 heterocycles. The number of Topliss-reactive ketones (excluding diaryl/α,β-unsaturated/α-hetero) is 2. The Morgan fingerprint density at radius 1 is 0.475 bits per heavy atom. The Morgan fingerprint density at radius 2 is 0.800 bits per heavy atom. The molecule has 3 aliphatic carbocycles. The van der Waals surface area contributed by atoms with Crippen molar-refractivity contribution in [2.24, 2.45) is 11.8 Å². The maximum atomic E-state index is 14.0. The van der Waals surface area contributed by atoms with Crippen molar-refractivity contribution in [3.8, 4) is 0 Å². The highest BCUT2D eigenvalue weighted by atomic mass is 19.4. The predicted molar refractivity (Wildman–Crippen MR) is 133 cm³/mol. The standard InChI is InChI=1S/C32H18F6O2/c33-31(34,35)19-13-9-17(10-14-19)29-23-7-3-1-5-21(23)27(39)25(29)26-28(40)22-6-2-4-8-24(22)30(26,29)18-11-15-20(16-12-18)32(36,37)38/h1-16,25-26H/t25-,26+,29+,30-. The largest absolute Gasteiger partial charge is 0.416 e. The zero-order valence-corrected chi connectivity index (χ0v) is 20.5. The number of hydrogen-bond acceptors (Lipinski definition) is 2. The van der Waals surface area contributed by atoms with Crippen LogP contribution in [0.25, 0.3) is 0 Å². The molecule has 3 aliphatic rings. The molecule has 2 nitrogen and oxygen atoms in total. The summed E-state index contributed by atoms with van der Waals surface area (Å²) in [5.41, 5.74) is -1.79. The fourth-order valence-electron chi connectivity index (χ4n) is 7.74. The van der Waals surface area contributed by atoms with Crippen molar-refractivity contribution in [3.63, 3.8) is 0 Å². The number of carbonyl (C=O) groups is 2. The lowest BCUT2D eigenvalue weighted by Crippen LogP contribution is -2.70. The van der Waals surface area contributed by atoms with E-state index in [1.165, 1.54) is 24.3 Å². The van der Waals surface area contributed by atoms with E-state index in [2.05, 4.69) is 0 Å². The average Bonchev–Trinajstić information content (AvgIpc) is 3.27. The summed E-state index contributed by atoms with van der Waals surface area (Å²) in [7, 11) is 0. The minimum absolute atomic E-state index is 0.302. The maximum absolute atomic E-state index is 14.0. The van der Waals surface area contributed by atoms with Crippen LogP contribution in [0.2, 0.25) is 0 Å². The Hall–Kier alpha value is -4.20. The van der Waals surface area contributed by atoms with E-state index < -0.39 is 46.1 Å². The number of hydrogen-bond donors (Lipinski definition) is 0. The van der Waals surface area contributed by atoms with Gasteiger partial charge in [0.2, 0.25) is 0 Å². The number of alkyl halides is 6. The van der Waals surface area contributed by atoms with Crippen LogP contribution in [0.1, 0.15) is 54.1 Å². The first kappa shape index (κ1) is 24.8. The summed E-state index contributed by atoms with van der Waals surface area (Å²) in [5.74, 6) is -2.49. The molecule has 0 amide bonds. The van der Waals surface area contributed by atoms with Crippen LogP contribution in [0.3, 0.4) is 0 Å². The van der Waals surface area contributed by atoms with Gasteiger partial charge in [-0.25, -0.2) is 0 Å². The molecule has 40 heavy (non-hydrogen) atoms. The van der Waals surface area contributed by atoms with Gasteiger partial charge in [0.05, 0.1) is 11.1 Å². The molecule has 0 radical (unpaired) electrons. The van der Waals surface area contributed by atoms with Crippen LogP contribution >= 0.6 is 0 Å². The SMILES string of the molecule is O=C1c2ccccc2[C@]2(c3ccc(C(F)(F)F)cc3)[C@H]1[C@@H]1C(=O)c3ccccc3[C@@]12c1ccc(C(F)(F)F)cc1. The highest BCUT2D eigenvalue weighted by Gasteiger charge is 2.83. The van der Waals surface area contributed by atoms with Crippen LogP contribution in [0.15, 0.2) is 97.1 Å². The van der Waals surface area contributed by atoms with Crippen molar-refractivity contribution >= 4 is 11.6 Å². The average molecular weight is 548 g/mol. The van der Waals surface area contributed by atoms with Gasteiger partial charge < -0.3 is 0 Å². The molecule has 0 N–H and O–H groups in total. The molecule has 0 saturated heterocycles. The highest BCUT2D eigenvalue weighted by Crippen LogP contribution is 2.77. The Balaban J connectivity index is 1.60. The van der Waals surface area contributed by atoms with Gasteiger partial charge in [0.15, 0.2) is 11.6 Å². The van der Waals surface area contributed by atoms with Crippen molar-refractivity contribution in [2.75, 3.05) is 0 Å². The molecule has 0 bridgehead atoms. The molecule has 0 unspecified atom stereocenters. The molecule has 0 spiro atoms. The molecule has 1 saturated carbocycles. The third-order valence-electron chi connectivity index (χ3n) is 9.02. The van der Waals surface area contributed by atoms with E-state index in [1.54, 1.807) is 48.5 Å². The zero-order chi connectivity index (χ0) is 28.2. The summed E-state index contributed by atoms with van der Waals surface area (Å²) in [5, 5.41) is 0. The van der Waals surface area contributed by atoms with Gasteiger partial charge in [-0.05, 0) is 46.5 Å². The second-order valence-electron chi connectivity index (χ2n) is 10.5. The first-order chi connectivity index (χ1) is 18.9. The minimum atomic E-state index is -4.60. The minimum Gasteiger partial charge on any atom is -0.294 e. The second kappa shape index (κ2) is 7.71. The van der Waals surface area contributed by atoms with Crippen LogP contribution in [0, 0.1) is 11.8 Å². The fraction of sp³-hybridized carbons (Fsp3) is 0.188. The first-order valence-corrected chi connectivity index (χ1v) is 12.6. The molecule has 200 valence electrons.